The van der Waals surface area contributed by atoms with Crippen molar-refractivity contribution in [3.63, 3.8) is 0 Å². The van der Waals surface area contributed by atoms with Crippen molar-refractivity contribution >= 4 is 28.2 Å². The predicted molar refractivity (Wildman–Crippen MR) is 100 cm³/mol. The van der Waals surface area contributed by atoms with E-state index in [0.717, 1.165) is 11.3 Å². The Hall–Kier alpha value is -3.48. The van der Waals surface area contributed by atoms with Crippen molar-refractivity contribution in [2.45, 2.75) is 6.54 Å². The summed E-state index contributed by atoms with van der Waals surface area (Å²) < 4.78 is 0. The number of carbonyl (C=O) groups is 1. The lowest BCUT2D eigenvalue weighted by molar-refractivity contribution is -0.383. The van der Waals surface area contributed by atoms with Crippen LogP contribution in [0, 0.1) is 10.1 Å². The van der Waals surface area contributed by atoms with E-state index in [2.05, 4.69) is 10.3 Å². The highest BCUT2D eigenvalue weighted by Crippen LogP contribution is 2.32. The summed E-state index contributed by atoms with van der Waals surface area (Å²) in [7, 11) is 3.50. The van der Waals surface area contributed by atoms with Gasteiger partial charge in [0.2, 0.25) is 0 Å². The lowest BCUT2D eigenvalue weighted by Crippen LogP contribution is -2.19. The molecule has 3 rings (SSSR count). The first-order valence-corrected chi connectivity index (χ1v) is 8.05. The normalized spacial score (nSPS) is 10.5. The van der Waals surface area contributed by atoms with Crippen molar-refractivity contribution in [1.29, 1.82) is 0 Å². The number of nitro groups is 1. The molecule has 3 aromatic rings. The number of anilines is 1. The van der Waals surface area contributed by atoms with Gasteiger partial charge in [-0.05, 0) is 35.9 Å². The van der Waals surface area contributed by atoms with Gasteiger partial charge < -0.3 is 10.2 Å². The Labute approximate surface area is 150 Å². The molecule has 7 nitrogen and oxygen atoms in total. The largest absolute Gasteiger partial charge is 0.368 e. The van der Waals surface area contributed by atoms with Crippen LogP contribution in [0.5, 0.6) is 0 Å². The second-order valence-corrected chi connectivity index (χ2v) is 5.89. The maximum Gasteiger partial charge on any atom is 0.278 e. The summed E-state index contributed by atoms with van der Waals surface area (Å²) in [6.45, 7) is 0.581. The highest BCUT2D eigenvalue weighted by molar-refractivity contribution is 5.97. The Morgan fingerprint density at radius 2 is 1.92 bits per heavy atom. The third-order valence-corrected chi connectivity index (χ3v) is 4.20. The predicted octanol–water partition coefficient (Wildman–Crippen LogP) is 3.14. The summed E-state index contributed by atoms with van der Waals surface area (Å²) in [5.41, 5.74) is 3.05. The molecule has 0 aliphatic carbocycles. The number of hydrogen-bond donors (Lipinski definition) is 1. The number of non-ortho nitro benzene ring substituents is 1. The molecule has 1 N–H and O–H groups in total. The summed E-state index contributed by atoms with van der Waals surface area (Å²) >= 11 is 0. The molecule has 26 heavy (non-hydrogen) atoms. The van der Waals surface area contributed by atoms with Gasteiger partial charge in [-0.2, -0.15) is 0 Å². The number of nitrogens with zero attached hydrogens (tertiary/aromatic N) is 3. The van der Waals surface area contributed by atoms with E-state index in [4.69, 9.17) is 0 Å². The first kappa shape index (κ1) is 17.3. The third kappa shape index (κ3) is 3.32. The molecule has 7 heteroatoms. The second kappa shape index (κ2) is 7.18. The van der Waals surface area contributed by atoms with Crippen LogP contribution in [0.25, 0.3) is 10.9 Å². The fraction of sp³-hybridized carbons (Fsp3) is 0.158. The zero-order chi connectivity index (χ0) is 18.7. The summed E-state index contributed by atoms with van der Waals surface area (Å²) in [6, 6.07) is 13.9. The number of rotatable bonds is 5. The molecule has 0 atom stereocenters. The molecule has 0 spiro atoms. The molecular formula is C19H18N4O3. The second-order valence-electron chi connectivity index (χ2n) is 5.89. The van der Waals surface area contributed by atoms with E-state index >= 15 is 0 Å². The molecule has 132 valence electrons. The van der Waals surface area contributed by atoms with Crippen LogP contribution in [0.3, 0.4) is 0 Å². The van der Waals surface area contributed by atoms with Crippen molar-refractivity contribution in [2.24, 2.45) is 0 Å². The summed E-state index contributed by atoms with van der Waals surface area (Å²) in [4.78, 5) is 28.8. The molecular weight excluding hydrogens is 332 g/mol. The van der Waals surface area contributed by atoms with Gasteiger partial charge in [-0.15, -0.1) is 0 Å². The number of hydrogen-bond acceptors (Lipinski definition) is 5. The molecule has 0 saturated carbocycles. The minimum Gasteiger partial charge on any atom is -0.368 e. The van der Waals surface area contributed by atoms with E-state index in [1.165, 1.54) is 6.07 Å². The quantitative estimate of drug-likeness (QED) is 0.564. The van der Waals surface area contributed by atoms with E-state index in [0.29, 0.717) is 23.0 Å². The highest BCUT2D eigenvalue weighted by atomic mass is 16.6. The van der Waals surface area contributed by atoms with Crippen LogP contribution in [0.1, 0.15) is 15.9 Å². The zero-order valence-corrected chi connectivity index (χ0v) is 14.5. The number of pyridine rings is 1. The van der Waals surface area contributed by atoms with Gasteiger partial charge in [0.05, 0.1) is 16.0 Å². The van der Waals surface area contributed by atoms with E-state index in [1.807, 2.05) is 24.1 Å². The number of aromatic nitrogens is 1. The topological polar surface area (TPSA) is 88.4 Å². The highest BCUT2D eigenvalue weighted by Gasteiger charge is 2.17. The number of nitrogens with one attached hydrogen (secondary N) is 1. The van der Waals surface area contributed by atoms with E-state index < -0.39 is 4.92 Å². The number of fused-ring (bicyclic) bond motifs is 1. The van der Waals surface area contributed by atoms with Crippen LogP contribution in [-0.2, 0) is 6.54 Å². The summed E-state index contributed by atoms with van der Waals surface area (Å²) in [6.07, 6.45) is 1.63. The molecule has 0 bridgehead atoms. The molecule has 0 aliphatic rings. The van der Waals surface area contributed by atoms with Crippen LogP contribution in [0.2, 0.25) is 0 Å². The average molecular weight is 350 g/mol. The minimum absolute atomic E-state index is 0.0418. The van der Waals surface area contributed by atoms with Crippen LogP contribution in [-0.4, -0.2) is 29.9 Å². The van der Waals surface area contributed by atoms with Crippen molar-refractivity contribution in [3.8, 4) is 0 Å². The standard InChI is InChI=1S/C19H18N4O3/c1-20-19(24)14-7-5-13(6-8-14)12-22(2)17-10-9-16(23(25)26)15-4-3-11-21-18(15)17/h3-11H,12H2,1-2H3,(H,20,24). The van der Waals surface area contributed by atoms with E-state index in [-0.39, 0.29) is 11.6 Å². The van der Waals surface area contributed by atoms with Crippen molar-refractivity contribution in [3.05, 3.63) is 76.0 Å². The Bertz CT molecular complexity index is 970. The van der Waals surface area contributed by atoms with Gasteiger partial charge in [0.15, 0.2) is 0 Å². The zero-order valence-electron chi connectivity index (χ0n) is 14.5. The van der Waals surface area contributed by atoms with Gasteiger partial charge in [0.1, 0.15) is 5.52 Å². The summed E-state index contributed by atoms with van der Waals surface area (Å²) in [5.74, 6) is -0.129. The maximum absolute atomic E-state index is 11.6. The maximum atomic E-state index is 11.6. The SMILES string of the molecule is CNC(=O)c1ccc(CN(C)c2ccc([N+](=O)[O-])c3cccnc23)cc1. The lowest BCUT2D eigenvalue weighted by Gasteiger charge is -2.21. The molecule has 1 aromatic heterocycles. The van der Waals surface area contributed by atoms with Crippen LogP contribution >= 0.6 is 0 Å². The first-order chi connectivity index (χ1) is 12.5. The van der Waals surface area contributed by atoms with Crippen molar-refractivity contribution in [1.82, 2.24) is 10.3 Å². The Morgan fingerprint density at radius 3 is 2.58 bits per heavy atom. The monoisotopic (exact) mass is 350 g/mol. The fourth-order valence-electron chi connectivity index (χ4n) is 2.87. The van der Waals surface area contributed by atoms with Crippen molar-refractivity contribution < 1.29 is 9.72 Å². The Morgan fingerprint density at radius 1 is 1.19 bits per heavy atom. The van der Waals surface area contributed by atoms with E-state index in [1.54, 1.807) is 43.6 Å². The van der Waals surface area contributed by atoms with Gasteiger partial charge in [-0.3, -0.25) is 19.9 Å². The molecule has 1 heterocycles. The average Bonchev–Trinajstić information content (AvgIpc) is 2.66. The lowest BCUT2D eigenvalue weighted by atomic mass is 10.1. The van der Waals surface area contributed by atoms with Gasteiger partial charge in [-0.25, -0.2) is 0 Å². The van der Waals surface area contributed by atoms with Gasteiger partial charge in [0, 0.05) is 38.5 Å². The fourth-order valence-corrected chi connectivity index (χ4v) is 2.87. The van der Waals surface area contributed by atoms with Crippen LogP contribution in [0.4, 0.5) is 11.4 Å². The Kier molecular flexibility index (Phi) is 4.79. The molecule has 1 amide bonds. The molecule has 0 radical (unpaired) electrons. The van der Waals surface area contributed by atoms with Crippen molar-refractivity contribution in [2.75, 3.05) is 19.0 Å². The minimum atomic E-state index is -0.398. The summed E-state index contributed by atoms with van der Waals surface area (Å²) in [5, 5.41) is 14.3. The number of nitro benzene ring substituents is 1. The molecule has 0 fully saturated rings. The van der Waals surface area contributed by atoms with Gasteiger partial charge in [0.25, 0.3) is 11.6 Å². The van der Waals surface area contributed by atoms with E-state index in [9.17, 15) is 14.9 Å². The van der Waals surface area contributed by atoms with Gasteiger partial charge >= 0.3 is 0 Å². The first-order valence-electron chi connectivity index (χ1n) is 8.05. The smallest absolute Gasteiger partial charge is 0.278 e. The van der Waals surface area contributed by atoms with Crippen LogP contribution < -0.4 is 10.2 Å². The van der Waals surface area contributed by atoms with Crippen LogP contribution in [0.15, 0.2) is 54.7 Å². The molecule has 0 unspecified atom stereocenters. The number of amides is 1. The number of benzene rings is 2. The Balaban J connectivity index is 1.91. The molecule has 0 aliphatic heterocycles. The molecule has 0 saturated heterocycles. The molecule has 2 aromatic carbocycles. The van der Waals surface area contributed by atoms with Gasteiger partial charge in [-0.1, -0.05) is 12.1 Å². The number of carbonyl (C=O) groups excluding carboxylic acids is 1. The third-order valence-electron chi connectivity index (χ3n) is 4.20.